The molecule has 2 aromatic heterocycles. The van der Waals surface area contributed by atoms with Crippen LogP contribution in [-0.4, -0.2) is 26.9 Å². The zero-order chi connectivity index (χ0) is 14.7. The van der Waals surface area contributed by atoms with Crippen LogP contribution >= 0.6 is 0 Å². The lowest BCUT2D eigenvalue weighted by Gasteiger charge is -2.04. The molecule has 0 unspecified atom stereocenters. The van der Waals surface area contributed by atoms with Gasteiger partial charge < -0.3 is 15.6 Å². The van der Waals surface area contributed by atoms with Crippen LogP contribution < -0.4 is 11.1 Å². The van der Waals surface area contributed by atoms with Gasteiger partial charge in [0.2, 0.25) is 0 Å². The molecular formula is C12H13N5O3. The first kappa shape index (κ1) is 13.7. The molecule has 0 aliphatic carbocycles. The summed E-state index contributed by atoms with van der Waals surface area (Å²) < 4.78 is 4.61. The molecule has 8 heteroatoms. The summed E-state index contributed by atoms with van der Waals surface area (Å²) in [5.41, 5.74) is 6.98. The Morgan fingerprint density at radius 3 is 2.45 bits per heavy atom. The molecule has 2 aromatic rings. The van der Waals surface area contributed by atoms with Gasteiger partial charge in [-0.05, 0) is 26.0 Å². The van der Waals surface area contributed by atoms with Crippen molar-refractivity contribution in [3.8, 4) is 0 Å². The van der Waals surface area contributed by atoms with E-state index >= 15 is 0 Å². The zero-order valence-corrected chi connectivity index (χ0v) is 11.0. The Balaban J connectivity index is 2.02. The molecular weight excluding hydrogens is 262 g/mol. The number of hydrogen-bond acceptors (Lipinski definition) is 6. The summed E-state index contributed by atoms with van der Waals surface area (Å²) in [6.07, 6.45) is 0. The van der Waals surface area contributed by atoms with Gasteiger partial charge in [0.1, 0.15) is 0 Å². The lowest BCUT2D eigenvalue weighted by Crippen LogP contribution is -2.24. The van der Waals surface area contributed by atoms with Gasteiger partial charge >= 0.3 is 11.8 Å². The number of aromatic nitrogens is 3. The van der Waals surface area contributed by atoms with Crippen LogP contribution in [0.2, 0.25) is 0 Å². The van der Waals surface area contributed by atoms with E-state index in [1.54, 1.807) is 12.1 Å². The summed E-state index contributed by atoms with van der Waals surface area (Å²) in [5, 5.41) is 6.14. The Kier molecular flexibility index (Phi) is 3.74. The fourth-order valence-electron chi connectivity index (χ4n) is 1.65. The van der Waals surface area contributed by atoms with Gasteiger partial charge in [-0.25, -0.2) is 0 Å². The number of aryl methyl sites for hydroxylation is 2. The molecule has 3 N–H and O–H groups in total. The van der Waals surface area contributed by atoms with E-state index in [1.165, 1.54) is 0 Å². The highest BCUT2D eigenvalue weighted by Gasteiger charge is 2.13. The van der Waals surface area contributed by atoms with Crippen LogP contribution in [0.3, 0.4) is 0 Å². The van der Waals surface area contributed by atoms with E-state index in [1.807, 2.05) is 13.8 Å². The zero-order valence-electron chi connectivity index (χ0n) is 11.0. The van der Waals surface area contributed by atoms with Crippen LogP contribution in [0.5, 0.6) is 0 Å². The van der Waals surface area contributed by atoms with Crippen molar-refractivity contribution in [2.24, 2.45) is 5.73 Å². The first-order chi connectivity index (χ1) is 9.45. The molecule has 0 bridgehead atoms. The van der Waals surface area contributed by atoms with Gasteiger partial charge in [-0.3, -0.25) is 14.6 Å². The highest BCUT2D eigenvalue weighted by molar-refractivity contribution is 5.94. The van der Waals surface area contributed by atoms with Gasteiger partial charge in [0.05, 0.1) is 6.54 Å². The fraction of sp³-hybridized carbons (Fsp3) is 0.250. The number of nitrogens with one attached hydrogen (secondary N) is 1. The second-order valence-electron chi connectivity index (χ2n) is 4.20. The van der Waals surface area contributed by atoms with E-state index < -0.39 is 5.91 Å². The Hall–Kier alpha value is -2.77. The second-order valence-corrected chi connectivity index (χ2v) is 4.20. The second kappa shape index (κ2) is 5.47. The lowest BCUT2D eigenvalue weighted by atomic mass is 10.2. The van der Waals surface area contributed by atoms with Gasteiger partial charge in [-0.1, -0.05) is 5.16 Å². The number of hydrogen-bond donors (Lipinski definition) is 2. The first-order valence-electron chi connectivity index (χ1n) is 5.81. The van der Waals surface area contributed by atoms with Crippen molar-refractivity contribution in [3.63, 3.8) is 0 Å². The van der Waals surface area contributed by atoms with Crippen LogP contribution in [0.25, 0.3) is 0 Å². The van der Waals surface area contributed by atoms with Crippen molar-refractivity contribution in [2.75, 3.05) is 0 Å². The van der Waals surface area contributed by atoms with Crippen LogP contribution in [0, 0.1) is 13.8 Å². The third-order valence-electron chi connectivity index (χ3n) is 2.43. The number of carbonyl (C=O) groups is 2. The predicted octanol–water partition coefficient (Wildman–Crippen LogP) is 0.110. The molecule has 20 heavy (non-hydrogen) atoms. The number of pyridine rings is 1. The maximum absolute atomic E-state index is 11.9. The fourth-order valence-corrected chi connectivity index (χ4v) is 1.65. The van der Waals surface area contributed by atoms with E-state index in [-0.39, 0.29) is 24.2 Å². The summed E-state index contributed by atoms with van der Waals surface area (Å²) >= 11 is 0. The summed E-state index contributed by atoms with van der Waals surface area (Å²) in [6.45, 7) is 3.65. The van der Waals surface area contributed by atoms with Crippen molar-refractivity contribution in [1.29, 1.82) is 0 Å². The Morgan fingerprint density at radius 1 is 1.25 bits per heavy atom. The topological polar surface area (TPSA) is 124 Å². The van der Waals surface area contributed by atoms with Gasteiger partial charge in [0.15, 0.2) is 5.82 Å². The molecule has 0 radical (unpaired) electrons. The third kappa shape index (κ3) is 3.16. The Bertz CT molecular complexity index is 645. The summed E-state index contributed by atoms with van der Waals surface area (Å²) in [4.78, 5) is 30.6. The first-order valence-corrected chi connectivity index (χ1v) is 5.81. The Morgan fingerprint density at radius 2 is 1.90 bits per heavy atom. The van der Waals surface area contributed by atoms with Crippen LogP contribution in [0.4, 0.5) is 0 Å². The van der Waals surface area contributed by atoms with Crippen molar-refractivity contribution in [1.82, 2.24) is 20.4 Å². The van der Waals surface area contributed by atoms with Crippen LogP contribution in [-0.2, 0) is 6.54 Å². The highest BCUT2D eigenvalue weighted by Crippen LogP contribution is 2.05. The van der Waals surface area contributed by atoms with Gasteiger partial charge in [0.25, 0.3) is 5.91 Å². The number of rotatable bonds is 4. The minimum atomic E-state index is -0.810. The monoisotopic (exact) mass is 275 g/mol. The molecule has 2 heterocycles. The molecule has 0 fully saturated rings. The average molecular weight is 275 g/mol. The van der Waals surface area contributed by atoms with Crippen LogP contribution in [0.15, 0.2) is 16.7 Å². The van der Waals surface area contributed by atoms with E-state index in [0.717, 1.165) is 11.4 Å². The number of carbonyl (C=O) groups excluding carboxylic acids is 2. The van der Waals surface area contributed by atoms with Crippen molar-refractivity contribution in [3.05, 3.63) is 40.8 Å². The number of nitrogens with two attached hydrogens (primary N) is 1. The van der Waals surface area contributed by atoms with Gasteiger partial charge in [-0.2, -0.15) is 4.98 Å². The van der Waals surface area contributed by atoms with Crippen molar-refractivity contribution < 1.29 is 14.1 Å². The van der Waals surface area contributed by atoms with E-state index in [2.05, 4.69) is 25.0 Å². The minimum Gasteiger partial charge on any atom is -0.361 e. The molecule has 0 saturated carbocycles. The maximum atomic E-state index is 11.9. The Labute approximate surface area is 114 Å². The molecule has 0 aliphatic rings. The van der Waals surface area contributed by atoms with Crippen molar-refractivity contribution >= 4 is 11.8 Å². The smallest absolute Gasteiger partial charge is 0.315 e. The normalized spacial score (nSPS) is 10.3. The lowest BCUT2D eigenvalue weighted by molar-refractivity contribution is 0.0944. The van der Waals surface area contributed by atoms with E-state index in [0.29, 0.717) is 5.56 Å². The predicted molar refractivity (Wildman–Crippen MR) is 67.7 cm³/mol. The largest absolute Gasteiger partial charge is 0.361 e. The minimum absolute atomic E-state index is 0.0377. The molecule has 0 aromatic carbocycles. The number of nitrogens with zero attached hydrogens (tertiary/aromatic N) is 3. The quantitative estimate of drug-likeness (QED) is 0.816. The molecule has 0 atom stereocenters. The summed E-state index contributed by atoms with van der Waals surface area (Å²) in [6, 6.07) is 3.35. The van der Waals surface area contributed by atoms with Gasteiger partial charge in [0, 0.05) is 17.0 Å². The number of primary amides is 1. The van der Waals surface area contributed by atoms with Gasteiger partial charge in [-0.15, -0.1) is 0 Å². The SMILES string of the molecule is Cc1cc(C(=O)NCc2noc(C(N)=O)n2)cc(C)n1. The average Bonchev–Trinajstić information content (AvgIpc) is 2.83. The maximum Gasteiger partial charge on any atom is 0.315 e. The van der Waals surface area contributed by atoms with E-state index in [4.69, 9.17) is 5.73 Å². The molecule has 2 rings (SSSR count). The summed E-state index contributed by atoms with van der Waals surface area (Å²) in [7, 11) is 0. The standard InChI is InChI=1S/C12H13N5O3/c1-6-3-8(4-7(2)15-6)11(19)14-5-9-16-12(10(13)18)20-17-9/h3-4H,5H2,1-2H3,(H2,13,18)(H,14,19). The molecule has 8 nitrogen and oxygen atoms in total. The number of amides is 2. The molecule has 2 amide bonds. The highest BCUT2D eigenvalue weighted by atomic mass is 16.5. The third-order valence-corrected chi connectivity index (χ3v) is 2.43. The molecule has 0 saturated heterocycles. The molecule has 0 spiro atoms. The van der Waals surface area contributed by atoms with Crippen LogP contribution in [0.1, 0.15) is 38.3 Å². The molecule has 0 aliphatic heterocycles. The molecule has 104 valence electrons. The summed E-state index contributed by atoms with van der Waals surface area (Å²) in [5.74, 6) is -1.21. The van der Waals surface area contributed by atoms with Crippen molar-refractivity contribution in [2.45, 2.75) is 20.4 Å². The van der Waals surface area contributed by atoms with E-state index in [9.17, 15) is 9.59 Å².